The third-order valence-corrected chi connectivity index (χ3v) is 5.75. The molecule has 0 aliphatic carbocycles. The van der Waals surface area contributed by atoms with E-state index in [1.807, 2.05) is 38.1 Å². The molecule has 0 aliphatic rings. The van der Waals surface area contributed by atoms with E-state index in [4.69, 9.17) is 4.74 Å². The molecule has 6 nitrogen and oxygen atoms in total. The summed E-state index contributed by atoms with van der Waals surface area (Å²) in [5, 5.41) is 13.7. The van der Waals surface area contributed by atoms with Crippen molar-refractivity contribution in [1.82, 2.24) is 9.97 Å². The van der Waals surface area contributed by atoms with E-state index in [1.165, 1.54) is 0 Å². The van der Waals surface area contributed by atoms with Crippen molar-refractivity contribution < 1.29 is 14.6 Å². The largest absolute Gasteiger partial charge is 0.494 e. The summed E-state index contributed by atoms with van der Waals surface area (Å²) >= 11 is 1.60. The van der Waals surface area contributed by atoms with Crippen LogP contribution in [0.2, 0.25) is 0 Å². The number of carbonyl (C=O) groups is 1. The molecule has 2 aromatic heterocycles. The van der Waals surface area contributed by atoms with E-state index in [1.54, 1.807) is 11.3 Å². The molecule has 1 atom stereocenters. The van der Waals surface area contributed by atoms with Gasteiger partial charge < -0.3 is 15.2 Å². The molecule has 0 saturated heterocycles. The number of fused-ring (bicyclic) bond motifs is 1. The fourth-order valence-electron chi connectivity index (χ4n) is 3.39. The molecule has 3 rings (SSSR count). The van der Waals surface area contributed by atoms with Gasteiger partial charge in [0.15, 0.2) is 0 Å². The second-order valence-corrected chi connectivity index (χ2v) is 8.17. The molecule has 0 aliphatic heterocycles. The molecule has 0 fully saturated rings. The summed E-state index contributed by atoms with van der Waals surface area (Å²) in [5.74, 6) is 1.17. The Hall–Kier alpha value is -2.67. The molecule has 0 saturated carbocycles. The van der Waals surface area contributed by atoms with Gasteiger partial charge in [-0.1, -0.05) is 31.9 Å². The van der Waals surface area contributed by atoms with Gasteiger partial charge in [-0.2, -0.15) is 0 Å². The van der Waals surface area contributed by atoms with Crippen LogP contribution in [0, 0.1) is 13.8 Å². The highest BCUT2D eigenvalue weighted by atomic mass is 32.1. The van der Waals surface area contributed by atoms with Crippen molar-refractivity contribution in [1.29, 1.82) is 0 Å². The number of nitrogens with zero attached hydrogens (tertiary/aromatic N) is 2. The maximum atomic E-state index is 11.8. The zero-order valence-electron chi connectivity index (χ0n) is 17.3. The summed E-state index contributed by atoms with van der Waals surface area (Å²) in [6.45, 7) is 8.52. The van der Waals surface area contributed by atoms with Gasteiger partial charge in [0.1, 0.15) is 28.3 Å². The fraction of sp³-hybridized carbons (Fsp3) is 0.409. The number of unbranched alkanes of at least 4 members (excludes halogenated alkanes) is 1. The van der Waals surface area contributed by atoms with Gasteiger partial charge in [-0.25, -0.2) is 14.8 Å². The average Bonchev–Trinajstić information content (AvgIpc) is 3.01. The first-order chi connectivity index (χ1) is 13.9. The van der Waals surface area contributed by atoms with E-state index in [-0.39, 0.29) is 0 Å². The Morgan fingerprint density at radius 3 is 2.55 bits per heavy atom. The zero-order chi connectivity index (χ0) is 21.0. The third-order valence-electron chi connectivity index (χ3n) is 4.75. The smallest absolute Gasteiger partial charge is 0.326 e. The van der Waals surface area contributed by atoms with Crippen LogP contribution in [-0.2, 0) is 4.79 Å². The Balaban J connectivity index is 2.09. The Morgan fingerprint density at radius 2 is 1.93 bits per heavy atom. The summed E-state index contributed by atoms with van der Waals surface area (Å²) in [7, 11) is 0. The van der Waals surface area contributed by atoms with Crippen LogP contribution in [0.3, 0.4) is 0 Å². The number of hydrogen-bond acceptors (Lipinski definition) is 6. The fourth-order valence-corrected chi connectivity index (χ4v) is 4.48. The minimum Gasteiger partial charge on any atom is -0.494 e. The number of aliphatic carboxylic acids is 1. The second-order valence-electron chi connectivity index (χ2n) is 6.97. The molecule has 154 valence electrons. The molecular weight excluding hydrogens is 386 g/mol. The first-order valence-corrected chi connectivity index (χ1v) is 10.8. The normalized spacial score (nSPS) is 12.1. The summed E-state index contributed by atoms with van der Waals surface area (Å²) in [5.41, 5.74) is 2.07. The highest BCUT2D eigenvalue weighted by Gasteiger charge is 2.22. The molecule has 2 heterocycles. The lowest BCUT2D eigenvalue weighted by atomic mass is 10.0. The molecule has 2 N–H and O–H groups in total. The topological polar surface area (TPSA) is 84.3 Å². The first-order valence-electron chi connectivity index (χ1n) is 9.94. The van der Waals surface area contributed by atoms with Crippen molar-refractivity contribution in [2.75, 3.05) is 11.9 Å². The van der Waals surface area contributed by atoms with E-state index in [0.717, 1.165) is 44.8 Å². The van der Waals surface area contributed by atoms with Crippen molar-refractivity contribution in [3.8, 4) is 16.9 Å². The van der Waals surface area contributed by atoms with E-state index >= 15 is 0 Å². The molecule has 0 spiro atoms. The maximum Gasteiger partial charge on any atom is 0.326 e. The molecule has 3 aromatic rings. The van der Waals surface area contributed by atoms with E-state index < -0.39 is 12.0 Å². The van der Waals surface area contributed by atoms with Crippen molar-refractivity contribution >= 4 is 33.3 Å². The van der Waals surface area contributed by atoms with Crippen LogP contribution < -0.4 is 10.1 Å². The van der Waals surface area contributed by atoms with Gasteiger partial charge >= 0.3 is 5.97 Å². The van der Waals surface area contributed by atoms with Crippen LogP contribution in [0.5, 0.6) is 5.75 Å². The molecule has 0 amide bonds. The van der Waals surface area contributed by atoms with Crippen LogP contribution in [0.4, 0.5) is 5.82 Å². The van der Waals surface area contributed by atoms with E-state index in [9.17, 15) is 9.90 Å². The number of ether oxygens (including phenoxy) is 1. The molecule has 1 aromatic carbocycles. The first kappa shape index (κ1) is 21.0. The standard InChI is InChI=1S/C22H27N3O3S/c1-5-7-8-17(22(26)27)25-20-19-18(13(3)29-21(19)24-14(4)23-20)15-9-11-16(12-10-15)28-6-2/h9-12,17H,5-8H2,1-4H3,(H,26,27)(H,23,24,25). The number of carboxylic acids is 1. The van der Waals surface area contributed by atoms with Crippen molar-refractivity contribution in [3.63, 3.8) is 0 Å². The Labute approximate surface area is 175 Å². The lowest BCUT2D eigenvalue weighted by molar-refractivity contribution is -0.138. The molecular formula is C22H27N3O3S. The number of rotatable bonds is 9. The zero-order valence-corrected chi connectivity index (χ0v) is 18.1. The van der Waals surface area contributed by atoms with Gasteiger partial charge in [0.05, 0.1) is 12.0 Å². The summed E-state index contributed by atoms with van der Waals surface area (Å²) < 4.78 is 5.55. The number of aryl methyl sites for hydroxylation is 2. The van der Waals surface area contributed by atoms with Crippen molar-refractivity contribution in [2.24, 2.45) is 0 Å². The number of hydrogen-bond donors (Lipinski definition) is 2. The molecule has 7 heteroatoms. The predicted octanol–water partition coefficient (Wildman–Crippen LogP) is 5.43. The van der Waals surface area contributed by atoms with Gasteiger partial charge in [-0.15, -0.1) is 11.3 Å². The maximum absolute atomic E-state index is 11.8. The predicted molar refractivity (Wildman–Crippen MR) is 118 cm³/mol. The summed E-state index contributed by atoms with van der Waals surface area (Å²) in [6, 6.07) is 7.26. The lowest BCUT2D eigenvalue weighted by Gasteiger charge is -2.16. The minimum atomic E-state index is -0.863. The Morgan fingerprint density at radius 1 is 1.21 bits per heavy atom. The van der Waals surface area contributed by atoms with Gasteiger partial charge in [-0.3, -0.25) is 0 Å². The quantitative estimate of drug-likeness (QED) is 0.487. The number of nitrogens with one attached hydrogen (secondary N) is 1. The van der Waals surface area contributed by atoms with Crippen LogP contribution in [0.15, 0.2) is 24.3 Å². The highest BCUT2D eigenvalue weighted by molar-refractivity contribution is 7.19. The molecule has 29 heavy (non-hydrogen) atoms. The molecule has 0 bridgehead atoms. The SMILES string of the molecule is CCCCC(Nc1nc(C)nc2sc(C)c(-c3ccc(OCC)cc3)c12)C(=O)O. The van der Waals surface area contributed by atoms with Gasteiger partial charge in [-0.05, 0) is 44.9 Å². The van der Waals surface area contributed by atoms with E-state index in [2.05, 4.69) is 29.1 Å². The Bertz CT molecular complexity index is 999. The minimum absolute atomic E-state index is 0.553. The van der Waals surface area contributed by atoms with Crippen LogP contribution >= 0.6 is 11.3 Å². The molecule has 1 unspecified atom stereocenters. The van der Waals surface area contributed by atoms with Gasteiger partial charge in [0, 0.05) is 10.4 Å². The number of thiophene rings is 1. The van der Waals surface area contributed by atoms with E-state index in [0.29, 0.717) is 24.7 Å². The third kappa shape index (κ3) is 4.67. The van der Waals surface area contributed by atoms with Crippen molar-refractivity contribution in [2.45, 2.75) is 53.0 Å². The van der Waals surface area contributed by atoms with Gasteiger partial charge in [0.2, 0.25) is 0 Å². The van der Waals surface area contributed by atoms with Crippen LogP contribution in [0.1, 0.15) is 43.8 Å². The number of aromatic nitrogens is 2. The van der Waals surface area contributed by atoms with Crippen LogP contribution in [0.25, 0.3) is 21.3 Å². The highest BCUT2D eigenvalue weighted by Crippen LogP contribution is 2.41. The number of benzene rings is 1. The average molecular weight is 414 g/mol. The van der Waals surface area contributed by atoms with Crippen LogP contribution in [-0.4, -0.2) is 33.7 Å². The Kier molecular flexibility index (Phi) is 6.69. The summed E-state index contributed by atoms with van der Waals surface area (Å²) in [4.78, 5) is 22.9. The van der Waals surface area contributed by atoms with Gasteiger partial charge in [0.25, 0.3) is 0 Å². The number of carboxylic acid groups (broad SMARTS) is 1. The van der Waals surface area contributed by atoms with Crippen molar-refractivity contribution in [3.05, 3.63) is 35.0 Å². The second kappa shape index (κ2) is 9.22. The summed E-state index contributed by atoms with van der Waals surface area (Å²) in [6.07, 6.45) is 2.34. The lowest BCUT2D eigenvalue weighted by Crippen LogP contribution is -2.29. The monoisotopic (exact) mass is 413 g/mol. The molecule has 0 radical (unpaired) electrons. The number of anilines is 1.